The Morgan fingerprint density at radius 2 is 2.00 bits per heavy atom. The first-order chi connectivity index (χ1) is 9.28. The molecule has 1 amide bonds. The molecule has 1 saturated heterocycles. The van der Waals surface area contributed by atoms with Crippen LogP contribution in [0.3, 0.4) is 0 Å². The van der Waals surface area contributed by atoms with Crippen molar-refractivity contribution in [3.05, 3.63) is 0 Å². The van der Waals surface area contributed by atoms with Crippen molar-refractivity contribution in [2.45, 2.75) is 38.5 Å². The number of amides is 1. The first-order valence-electron chi connectivity index (χ1n) is 7.69. The molecule has 1 heterocycles. The van der Waals surface area contributed by atoms with Crippen molar-refractivity contribution in [2.75, 3.05) is 46.4 Å². The number of rotatable bonds is 7. The summed E-state index contributed by atoms with van der Waals surface area (Å²) in [6.45, 7) is 6.14. The summed E-state index contributed by atoms with van der Waals surface area (Å²) in [7, 11) is 1.79. The molecule has 1 aliphatic carbocycles. The van der Waals surface area contributed by atoms with Crippen LogP contribution in [0.4, 0.5) is 0 Å². The van der Waals surface area contributed by atoms with E-state index in [9.17, 15) is 4.79 Å². The Bertz CT molecular complexity index is 279. The highest BCUT2D eigenvalue weighted by Gasteiger charge is 2.37. The minimum absolute atomic E-state index is 0.550. The predicted octanol–water partition coefficient (Wildman–Crippen LogP) is 1.75. The van der Waals surface area contributed by atoms with E-state index in [-0.39, 0.29) is 0 Å². The Labute approximate surface area is 117 Å². The first-order valence-corrected chi connectivity index (χ1v) is 7.69. The van der Waals surface area contributed by atoms with Gasteiger partial charge in [0, 0.05) is 39.9 Å². The maximum absolute atomic E-state index is 10.8. The van der Waals surface area contributed by atoms with Gasteiger partial charge in [-0.3, -0.25) is 4.79 Å². The van der Waals surface area contributed by atoms with Crippen LogP contribution in [0.25, 0.3) is 0 Å². The fourth-order valence-electron chi connectivity index (χ4n) is 3.48. The molecule has 2 fully saturated rings. The van der Waals surface area contributed by atoms with Crippen LogP contribution in [-0.2, 0) is 9.53 Å². The lowest BCUT2D eigenvalue weighted by Crippen LogP contribution is -2.43. The van der Waals surface area contributed by atoms with Crippen molar-refractivity contribution in [1.82, 2.24) is 9.80 Å². The molecular weight excluding hydrogens is 240 g/mol. The third kappa shape index (κ3) is 4.18. The average Bonchev–Trinajstić information content (AvgIpc) is 2.61. The van der Waals surface area contributed by atoms with Crippen LogP contribution in [0.2, 0.25) is 0 Å². The SMILES string of the molecule is COCCCC1(CN2CCCN(C=O)CC2)CCC1. The zero-order chi connectivity index (χ0) is 13.6. The highest BCUT2D eigenvalue weighted by atomic mass is 16.5. The Kier molecular flexibility index (Phi) is 5.64. The average molecular weight is 268 g/mol. The van der Waals surface area contributed by atoms with E-state index in [0.29, 0.717) is 5.41 Å². The molecule has 0 atom stereocenters. The second kappa shape index (κ2) is 7.25. The summed E-state index contributed by atoms with van der Waals surface area (Å²) in [5, 5.41) is 0. The van der Waals surface area contributed by atoms with E-state index in [2.05, 4.69) is 4.90 Å². The molecule has 19 heavy (non-hydrogen) atoms. The zero-order valence-electron chi connectivity index (χ0n) is 12.3. The fourth-order valence-corrected chi connectivity index (χ4v) is 3.48. The second-order valence-electron chi connectivity index (χ2n) is 6.22. The molecule has 0 N–H and O–H groups in total. The normalized spacial score (nSPS) is 23.7. The monoisotopic (exact) mass is 268 g/mol. The maximum atomic E-state index is 10.8. The van der Waals surface area contributed by atoms with E-state index in [4.69, 9.17) is 4.74 Å². The molecule has 0 unspecified atom stereocenters. The van der Waals surface area contributed by atoms with Gasteiger partial charge in [-0.1, -0.05) is 6.42 Å². The summed E-state index contributed by atoms with van der Waals surface area (Å²) in [5.74, 6) is 0. The number of methoxy groups -OCH3 is 1. The minimum atomic E-state index is 0.550. The minimum Gasteiger partial charge on any atom is -0.385 e. The standard InChI is InChI=1S/C15H28N2O2/c1-19-12-3-7-15(5-2-6-15)13-16-8-4-9-17(14-18)11-10-16/h14H,2-13H2,1H3. The summed E-state index contributed by atoms with van der Waals surface area (Å²) >= 11 is 0. The van der Waals surface area contributed by atoms with E-state index >= 15 is 0 Å². The Balaban J connectivity index is 1.79. The molecule has 0 aromatic heterocycles. The van der Waals surface area contributed by atoms with E-state index in [1.165, 1.54) is 38.6 Å². The van der Waals surface area contributed by atoms with Gasteiger partial charge in [0.2, 0.25) is 6.41 Å². The molecule has 0 aromatic rings. The number of hydrogen-bond acceptors (Lipinski definition) is 3. The van der Waals surface area contributed by atoms with E-state index < -0.39 is 0 Å². The van der Waals surface area contributed by atoms with Gasteiger partial charge < -0.3 is 14.5 Å². The van der Waals surface area contributed by atoms with Crippen molar-refractivity contribution in [1.29, 1.82) is 0 Å². The Morgan fingerprint density at radius 1 is 1.16 bits per heavy atom. The van der Waals surface area contributed by atoms with Gasteiger partial charge in [-0.15, -0.1) is 0 Å². The molecule has 4 heteroatoms. The molecular formula is C15H28N2O2. The number of hydrogen-bond donors (Lipinski definition) is 0. The molecule has 110 valence electrons. The molecule has 2 aliphatic rings. The highest BCUT2D eigenvalue weighted by Crippen LogP contribution is 2.45. The van der Waals surface area contributed by atoms with Crippen LogP contribution >= 0.6 is 0 Å². The Morgan fingerprint density at radius 3 is 2.63 bits per heavy atom. The van der Waals surface area contributed by atoms with Crippen LogP contribution < -0.4 is 0 Å². The number of ether oxygens (including phenoxy) is 1. The fraction of sp³-hybridized carbons (Fsp3) is 0.933. The number of carbonyl (C=O) groups is 1. The van der Waals surface area contributed by atoms with Crippen LogP contribution in [0.5, 0.6) is 0 Å². The van der Waals surface area contributed by atoms with Gasteiger partial charge in [0.05, 0.1) is 0 Å². The van der Waals surface area contributed by atoms with Crippen LogP contribution in [0, 0.1) is 5.41 Å². The second-order valence-corrected chi connectivity index (χ2v) is 6.22. The van der Waals surface area contributed by atoms with Gasteiger partial charge in [-0.05, 0) is 44.1 Å². The van der Waals surface area contributed by atoms with Crippen LogP contribution in [-0.4, -0.2) is 62.7 Å². The zero-order valence-corrected chi connectivity index (χ0v) is 12.3. The van der Waals surface area contributed by atoms with Crippen molar-refractivity contribution < 1.29 is 9.53 Å². The summed E-state index contributed by atoms with van der Waals surface area (Å²) in [5.41, 5.74) is 0.550. The highest BCUT2D eigenvalue weighted by molar-refractivity contribution is 5.46. The summed E-state index contributed by atoms with van der Waals surface area (Å²) < 4.78 is 5.19. The van der Waals surface area contributed by atoms with Gasteiger partial charge in [0.15, 0.2) is 0 Å². The van der Waals surface area contributed by atoms with Gasteiger partial charge in [-0.25, -0.2) is 0 Å². The summed E-state index contributed by atoms with van der Waals surface area (Å²) in [4.78, 5) is 15.3. The summed E-state index contributed by atoms with van der Waals surface area (Å²) in [6.07, 6.45) is 8.75. The van der Waals surface area contributed by atoms with Crippen LogP contribution in [0.15, 0.2) is 0 Å². The maximum Gasteiger partial charge on any atom is 0.209 e. The summed E-state index contributed by atoms with van der Waals surface area (Å²) in [6, 6.07) is 0. The third-order valence-electron chi connectivity index (χ3n) is 4.80. The van der Waals surface area contributed by atoms with E-state index in [0.717, 1.165) is 45.6 Å². The molecule has 0 spiro atoms. The molecule has 0 aromatic carbocycles. The molecule has 0 radical (unpaired) electrons. The van der Waals surface area contributed by atoms with E-state index in [1.807, 2.05) is 4.90 Å². The Hall–Kier alpha value is -0.610. The largest absolute Gasteiger partial charge is 0.385 e. The lowest BCUT2D eigenvalue weighted by Gasteiger charge is -2.45. The number of carbonyl (C=O) groups excluding carboxylic acids is 1. The lowest BCUT2D eigenvalue weighted by molar-refractivity contribution is -0.118. The van der Waals surface area contributed by atoms with Gasteiger partial charge in [-0.2, -0.15) is 0 Å². The number of nitrogens with zero attached hydrogens (tertiary/aromatic N) is 2. The van der Waals surface area contributed by atoms with E-state index in [1.54, 1.807) is 7.11 Å². The van der Waals surface area contributed by atoms with Gasteiger partial charge in [0.1, 0.15) is 0 Å². The molecule has 1 aliphatic heterocycles. The van der Waals surface area contributed by atoms with Crippen LogP contribution in [0.1, 0.15) is 38.5 Å². The molecule has 4 nitrogen and oxygen atoms in total. The van der Waals surface area contributed by atoms with Crippen molar-refractivity contribution >= 4 is 6.41 Å². The molecule has 2 rings (SSSR count). The smallest absolute Gasteiger partial charge is 0.209 e. The first kappa shape index (κ1) is 14.8. The van der Waals surface area contributed by atoms with Gasteiger partial charge in [0.25, 0.3) is 0 Å². The quantitative estimate of drug-likeness (QED) is 0.521. The molecule has 0 bridgehead atoms. The van der Waals surface area contributed by atoms with Gasteiger partial charge >= 0.3 is 0 Å². The topological polar surface area (TPSA) is 32.8 Å². The third-order valence-corrected chi connectivity index (χ3v) is 4.80. The predicted molar refractivity (Wildman–Crippen MR) is 76.1 cm³/mol. The lowest BCUT2D eigenvalue weighted by atomic mass is 9.65. The molecule has 1 saturated carbocycles. The van der Waals surface area contributed by atoms with Crippen molar-refractivity contribution in [3.63, 3.8) is 0 Å². The van der Waals surface area contributed by atoms with Crippen molar-refractivity contribution in [3.8, 4) is 0 Å². The van der Waals surface area contributed by atoms with Crippen molar-refractivity contribution in [2.24, 2.45) is 5.41 Å².